The molecule has 1 aliphatic rings. The van der Waals surface area contributed by atoms with E-state index in [0.29, 0.717) is 19.6 Å². The molecule has 1 rings (SSSR count). The number of rotatable bonds is 6. The minimum atomic E-state index is -0.0920. The molecule has 0 aromatic rings. The van der Waals surface area contributed by atoms with Crippen molar-refractivity contribution in [3.8, 4) is 0 Å². The highest BCUT2D eigenvalue weighted by Gasteiger charge is 2.27. The van der Waals surface area contributed by atoms with Gasteiger partial charge in [0.1, 0.15) is 0 Å². The molecule has 0 atom stereocenters. The van der Waals surface area contributed by atoms with Crippen molar-refractivity contribution in [1.29, 1.82) is 0 Å². The maximum absolute atomic E-state index is 11.8. The minimum absolute atomic E-state index is 0.00982. The summed E-state index contributed by atoms with van der Waals surface area (Å²) >= 11 is 0. The lowest BCUT2D eigenvalue weighted by atomic mass is 9.97. The van der Waals surface area contributed by atoms with Crippen LogP contribution >= 0.6 is 0 Å². The van der Waals surface area contributed by atoms with Gasteiger partial charge < -0.3 is 19.9 Å². The Morgan fingerprint density at radius 2 is 1.91 bits per heavy atom. The van der Waals surface area contributed by atoms with E-state index in [1.165, 1.54) is 0 Å². The summed E-state index contributed by atoms with van der Waals surface area (Å²) in [7, 11) is 3.49. The summed E-state index contributed by atoms with van der Waals surface area (Å²) < 4.78 is 5.09. The maximum atomic E-state index is 11.8. The van der Waals surface area contributed by atoms with Crippen LogP contribution in [0.25, 0.3) is 0 Å². The lowest BCUT2D eigenvalue weighted by Crippen LogP contribution is -2.46. The summed E-state index contributed by atoms with van der Waals surface area (Å²) in [5.74, 6) is 0.794. The normalized spacial score (nSPS) is 16.2. The van der Waals surface area contributed by atoms with Gasteiger partial charge in [-0.05, 0) is 26.7 Å². The number of nitrogens with one attached hydrogen (secondary N) is 1. The number of esters is 1. The number of nitrogens with zero attached hydrogens (tertiary/aromatic N) is 3. The molecule has 7 nitrogen and oxygen atoms in total. The van der Waals surface area contributed by atoms with Crippen molar-refractivity contribution in [2.45, 2.75) is 33.1 Å². The fraction of sp³-hybridized carbons (Fsp3) is 0.812. The molecule has 0 radical (unpaired) electrons. The topological polar surface area (TPSA) is 74.2 Å². The number of carbonyl (C=O) groups excluding carboxylic acids is 2. The van der Waals surface area contributed by atoms with Gasteiger partial charge in [0.15, 0.2) is 5.96 Å². The summed E-state index contributed by atoms with van der Waals surface area (Å²) in [6.45, 7) is 7.08. The van der Waals surface area contributed by atoms with Crippen LogP contribution in [0.4, 0.5) is 0 Å². The van der Waals surface area contributed by atoms with Crippen LogP contribution in [0.5, 0.6) is 0 Å². The molecule has 0 bridgehead atoms. The third-order valence-electron chi connectivity index (χ3n) is 3.84. The number of hydrogen-bond donors (Lipinski definition) is 1. The molecule has 0 aliphatic carbocycles. The first kappa shape index (κ1) is 19.3. The molecule has 23 heavy (non-hydrogen) atoms. The lowest BCUT2D eigenvalue weighted by molar-refractivity contribution is -0.149. The van der Waals surface area contributed by atoms with Crippen LogP contribution in [-0.4, -0.2) is 74.5 Å². The molecule has 0 aromatic heterocycles. The van der Waals surface area contributed by atoms with Gasteiger partial charge in [-0.15, -0.1) is 0 Å². The van der Waals surface area contributed by atoms with E-state index in [1.54, 1.807) is 19.0 Å². The fourth-order valence-corrected chi connectivity index (χ4v) is 2.49. The molecule has 7 heteroatoms. The van der Waals surface area contributed by atoms with E-state index in [1.807, 2.05) is 13.8 Å². The molecular weight excluding hydrogens is 296 g/mol. The van der Waals surface area contributed by atoms with E-state index in [9.17, 15) is 9.59 Å². The summed E-state index contributed by atoms with van der Waals surface area (Å²) in [6.07, 6.45) is 1.96. The number of piperidine rings is 1. The fourth-order valence-electron chi connectivity index (χ4n) is 2.49. The number of hydrogen-bond acceptors (Lipinski definition) is 4. The molecule has 0 aromatic carbocycles. The molecule has 1 heterocycles. The molecule has 1 N–H and O–H groups in total. The van der Waals surface area contributed by atoms with E-state index < -0.39 is 0 Å². The van der Waals surface area contributed by atoms with E-state index in [-0.39, 0.29) is 17.8 Å². The Balaban J connectivity index is 2.52. The molecule has 0 unspecified atom stereocenters. The molecule has 1 aliphatic heterocycles. The average Bonchev–Trinajstić information content (AvgIpc) is 2.54. The molecule has 0 spiro atoms. The van der Waals surface area contributed by atoms with Crippen molar-refractivity contribution in [3.63, 3.8) is 0 Å². The predicted octanol–water partition coefficient (Wildman–Crippen LogP) is 0.705. The number of amides is 1. The number of aliphatic imine (C=N–C) groups is 1. The summed E-state index contributed by atoms with van der Waals surface area (Å²) in [5, 5.41) is 3.26. The second-order valence-corrected chi connectivity index (χ2v) is 5.79. The van der Waals surface area contributed by atoms with Crippen molar-refractivity contribution in [1.82, 2.24) is 15.1 Å². The highest BCUT2D eigenvalue weighted by atomic mass is 16.5. The van der Waals surface area contributed by atoms with Crippen LogP contribution < -0.4 is 5.32 Å². The molecular formula is C16H30N4O3. The first-order valence-electron chi connectivity index (χ1n) is 8.39. The average molecular weight is 326 g/mol. The number of carbonyl (C=O) groups is 2. The second kappa shape index (κ2) is 10.1. The van der Waals surface area contributed by atoms with Crippen molar-refractivity contribution >= 4 is 17.8 Å². The van der Waals surface area contributed by atoms with Gasteiger partial charge in [-0.2, -0.15) is 0 Å². The first-order valence-corrected chi connectivity index (χ1v) is 8.39. The summed E-state index contributed by atoms with van der Waals surface area (Å²) in [4.78, 5) is 31.7. The number of ether oxygens (including phenoxy) is 1. The van der Waals surface area contributed by atoms with E-state index in [0.717, 1.165) is 38.4 Å². The second-order valence-electron chi connectivity index (χ2n) is 5.79. The number of likely N-dealkylation sites (tertiary alicyclic amines) is 1. The standard InChI is InChI=1S/C16H30N4O3/c1-5-17-16(18-10-7-14(21)19(3)4)20-11-8-13(9-12-20)15(22)23-6-2/h13H,5-12H2,1-4H3,(H,17,18). The van der Waals surface area contributed by atoms with Gasteiger partial charge in [-0.25, -0.2) is 0 Å². The van der Waals surface area contributed by atoms with Gasteiger partial charge >= 0.3 is 5.97 Å². The first-order chi connectivity index (χ1) is 11.0. The monoisotopic (exact) mass is 326 g/mol. The smallest absolute Gasteiger partial charge is 0.309 e. The molecule has 1 saturated heterocycles. The zero-order valence-corrected chi connectivity index (χ0v) is 14.8. The van der Waals surface area contributed by atoms with Gasteiger partial charge in [0.05, 0.1) is 19.1 Å². The minimum Gasteiger partial charge on any atom is -0.466 e. The van der Waals surface area contributed by atoms with E-state index in [4.69, 9.17) is 4.74 Å². The highest BCUT2D eigenvalue weighted by molar-refractivity contribution is 5.81. The Labute approximate surface area is 139 Å². The molecule has 1 fully saturated rings. The molecule has 1 amide bonds. The molecule has 132 valence electrons. The summed E-state index contributed by atoms with van der Waals surface area (Å²) in [5.41, 5.74) is 0. The highest BCUT2D eigenvalue weighted by Crippen LogP contribution is 2.18. The Morgan fingerprint density at radius 3 is 2.43 bits per heavy atom. The predicted molar refractivity (Wildman–Crippen MR) is 90.2 cm³/mol. The third kappa shape index (κ3) is 6.46. The van der Waals surface area contributed by atoms with Gasteiger partial charge in [-0.1, -0.05) is 0 Å². The van der Waals surface area contributed by atoms with E-state index in [2.05, 4.69) is 15.2 Å². The van der Waals surface area contributed by atoms with Crippen molar-refractivity contribution in [2.24, 2.45) is 10.9 Å². The van der Waals surface area contributed by atoms with Crippen LogP contribution in [0.3, 0.4) is 0 Å². The zero-order chi connectivity index (χ0) is 17.2. The van der Waals surface area contributed by atoms with Crippen LogP contribution in [0, 0.1) is 5.92 Å². The zero-order valence-electron chi connectivity index (χ0n) is 14.8. The van der Waals surface area contributed by atoms with Gasteiger partial charge in [0.2, 0.25) is 5.91 Å². The Hall–Kier alpha value is -1.79. The SMILES string of the molecule is CCNC(=NCCC(=O)N(C)C)N1CCC(C(=O)OCC)CC1. The summed E-state index contributed by atoms with van der Waals surface area (Å²) in [6, 6.07) is 0. The van der Waals surface area contributed by atoms with Crippen LogP contribution in [0.15, 0.2) is 4.99 Å². The van der Waals surface area contributed by atoms with Crippen LogP contribution in [0.1, 0.15) is 33.1 Å². The quantitative estimate of drug-likeness (QED) is 0.442. The molecule has 0 saturated carbocycles. The Bertz CT molecular complexity index is 416. The lowest BCUT2D eigenvalue weighted by Gasteiger charge is -2.33. The van der Waals surface area contributed by atoms with Crippen molar-refractivity contribution < 1.29 is 14.3 Å². The van der Waals surface area contributed by atoms with Crippen LogP contribution in [0.2, 0.25) is 0 Å². The van der Waals surface area contributed by atoms with Crippen LogP contribution in [-0.2, 0) is 14.3 Å². The van der Waals surface area contributed by atoms with Gasteiger partial charge in [-0.3, -0.25) is 14.6 Å². The largest absolute Gasteiger partial charge is 0.466 e. The maximum Gasteiger partial charge on any atom is 0.309 e. The van der Waals surface area contributed by atoms with E-state index >= 15 is 0 Å². The Kier molecular flexibility index (Phi) is 8.43. The number of guanidine groups is 1. The third-order valence-corrected chi connectivity index (χ3v) is 3.84. The van der Waals surface area contributed by atoms with Crippen molar-refractivity contribution in [2.75, 3.05) is 46.9 Å². The Morgan fingerprint density at radius 1 is 1.26 bits per heavy atom. The van der Waals surface area contributed by atoms with Gasteiger partial charge in [0.25, 0.3) is 0 Å². The van der Waals surface area contributed by atoms with Gasteiger partial charge in [0, 0.05) is 40.2 Å². The van der Waals surface area contributed by atoms with Crippen molar-refractivity contribution in [3.05, 3.63) is 0 Å².